The summed E-state index contributed by atoms with van der Waals surface area (Å²) in [5.74, 6) is 0.745. The fourth-order valence-corrected chi connectivity index (χ4v) is 3.45. The van der Waals surface area contributed by atoms with Crippen LogP contribution in [0.5, 0.6) is 0 Å². The van der Waals surface area contributed by atoms with Crippen molar-refractivity contribution in [3.05, 3.63) is 22.9 Å². The van der Waals surface area contributed by atoms with Crippen LogP contribution < -0.4 is 10.2 Å². The quantitative estimate of drug-likeness (QED) is 0.897. The van der Waals surface area contributed by atoms with Gasteiger partial charge >= 0.3 is 6.09 Å². The van der Waals surface area contributed by atoms with Crippen molar-refractivity contribution in [2.45, 2.75) is 65.3 Å². The van der Waals surface area contributed by atoms with Crippen LogP contribution in [0.4, 0.5) is 10.6 Å². The summed E-state index contributed by atoms with van der Waals surface area (Å²) in [6.45, 7) is 9.40. The second-order valence-electron chi connectivity index (χ2n) is 8.16. The molecule has 2 aliphatic heterocycles. The molecule has 7 nitrogen and oxygen atoms in total. The molecule has 2 amide bonds. The summed E-state index contributed by atoms with van der Waals surface area (Å²) < 4.78 is 5.43. The summed E-state index contributed by atoms with van der Waals surface area (Å²) in [5, 5.41) is 2.86. The highest BCUT2D eigenvalue weighted by atomic mass is 16.6. The van der Waals surface area contributed by atoms with Crippen LogP contribution in [0, 0.1) is 0 Å². The van der Waals surface area contributed by atoms with E-state index in [1.807, 2.05) is 26.8 Å². The highest BCUT2D eigenvalue weighted by Gasteiger charge is 2.29. The molecule has 0 aromatic carbocycles. The van der Waals surface area contributed by atoms with E-state index in [0.717, 1.165) is 36.5 Å². The van der Waals surface area contributed by atoms with Gasteiger partial charge in [-0.15, -0.1) is 0 Å². The average Bonchev–Trinajstić information content (AvgIpc) is 3.12. The van der Waals surface area contributed by atoms with Gasteiger partial charge in [-0.25, -0.2) is 9.78 Å². The molecule has 1 saturated heterocycles. The highest BCUT2D eigenvalue weighted by Crippen LogP contribution is 2.29. The van der Waals surface area contributed by atoms with Crippen molar-refractivity contribution < 1.29 is 14.3 Å². The van der Waals surface area contributed by atoms with Gasteiger partial charge in [0, 0.05) is 37.3 Å². The summed E-state index contributed by atoms with van der Waals surface area (Å²) in [4.78, 5) is 33.1. The summed E-state index contributed by atoms with van der Waals surface area (Å²) in [5.41, 5.74) is 1.75. The molecule has 0 saturated carbocycles. The van der Waals surface area contributed by atoms with E-state index in [4.69, 9.17) is 9.72 Å². The van der Waals surface area contributed by atoms with Gasteiger partial charge in [-0.2, -0.15) is 0 Å². The fourth-order valence-electron chi connectivity index (χ4n) is 3.45. The standard InChI is InChI=1S/C19H28N4O3/c1-12-7-6-8-23(12)16-9-13-14(10-20-17(13)24)15(21-16)11-22(5)18(25)26-19(2,3)4/h9,12H,6-8,10-11H2,1-5H3,(H,20,24). The number of rotatable bonds is 3. The van der Waals surface area contributed by atoms with Gasteiger partial charge in [0.05, 0.1) is 12.2 Å². The summed E-state index contributed by atoms with van der Waals surface area (Å²) in [6, 6.07) is 2.29. The van der Waals surface area contributed by atoms with Crippen molar-refractivity contribution >= 4 is 17.8 Å². The number of amides is 2. The molecule has 142 valence electrons. The van der Waals surface area contributed by atoms with Crippen molar-refractivity contribution in [1.82, 2.24) is 15.2 Å². The third-order valence-electron chi connectivity index (χ3n) is 4.81. The third-order valence-corrected chi connectivity index (χ3v) is 4.81. The maximum Gasteiger partial charge on any atom is 0.410 e. The van der Waals surface area contributed by atoms with Gasteiger partial charge < -0.3 is 19.9 Å². The van der Waals surface area contributed by atoms with Gasteiger partial charge in [0.25, 0.3) is 5.91 Å². The molecule has 26 heavy (non-hydrogen) atoms. The fraction of sp³-hybridized carbons (Fsp3) is 0.632. The molecule has 7 heteroatoms. The molecule has 0 spiro atoms. The van der Waals surface area contributed by atoms with Crippen LogP contribution in [0.2, 0.25) is 0 Å². The zero-order valence-electron chi connectivity index (χ0n) is 16.3. The van der Waals surface area contributed by atoms with Gasteiger partial charge in [0.2, 0.25) is 0 Å². The molecule has 1 unspecified atom stereocenters. The van der Waals surface area contributed by atoms with Crippen LogP contribution in [0.3, 0.4) is 0 Å². The van der Waals surface area contributed by atoms with E-state index in [1.165, 1.54) is 4.90 Å². The summed E-state index contributed by atoms with van der Waals surface area (Å²) in [7, 11) is 1.69. The van der Waals surface area contributed by atoms with E-state index in [1.54, 1.807) is 7.05 Å². The molecule has 0 aliphatic carbocycles. The minimum absolute atomic E-state index is 0.0725. The van der Waals surface area contributed by atoms with E-state index in [9.17, 15) is 9.59 Å². The zero-order valence-corrected chi connectivity index (χ0v) is 16.3. The van der Waals surface area contributed by atoms with Gasteiger partial charge in [0.1, 0.15) is 11.4 Å². The molecule has 1 aromatic rings. The van der Waals surface area contributed by atoms with E-state index < -0.39 is 11.7 Å². The smallest absolute Gasteiger partial charge is 0.410 e. The summed E-state index contributed by atoms with van der Waals surface area (Å²) in [6.07, 6.45) is 1.85. The number of nitrogens with one attached hydrogen (secondary N) is 1. The molecule has 3 heterocycles. The van der Waals surface area contributed by atoms with Gasteiger partial charge in [-0.1, -0.05) is 0 Å². The Morgan fingerprint density at radius 1 is 1.46 bits per heavy atom. The molecule has 1 fully saturated rings. The molecule has 0 bridgehead atoms. The first-order valence-electron chi connectivity index (χ1n) is 9.17. The van der Waals surface area contributed by atoms with Crippen molar-refractivity contribution in [1.29, 1.82) is 0 Å². The number of pyridine rings is 1. The predicted octanol–water partition coefficient (Wildman–Crippen LogP) is 2.68. The van der Waals surface area contributed by atoms with E-state index in [2.05, 4.69) is 17.1 Å². The SMILES string of the molecule is CC1CCCN1c1cc2c(c(CN(C)C(=O)OC(C)(C)C)n1)CNC2=O. The number of ether oxygens (including phenoxy) is 1. The topological polar surface area (TPSA) is 74.8 Å². The number of anilines is 1. The first kappa shape index (κ1) is 18.5. The van der Waals surface area contributed by atoms with E-state index >= 15 is 0 Å². The first-order valence-corrected chi connectivity index (χ1v) is 9.17. The van der Waals surface area contributed by atoms with E-state index in [0.29, 0.717) is 24.7 Å². The molecule has 0 radical (unpaired) electrons. The highest BCUT2D eigenvalue weighted by molar-refractivity contribution is 5.99. The Hall–Kier alpha value is -2.31. The number of aromatic nitrogens is 1. The molecule has 1 aromatic heterocycles. The Bertz CT molecular complexity index is 726. The Morgan fingerprint density at radius 3 is 2.81 bits per heavy atom. The van der Waals surface area contributed by atoms with Crippen molar-refractivity contribution in [3.63, 3.8) is 0 Å². The Morgan fingerprint density at radius 2 is 2.19 bits per heavy atom. The Labute approximate surface area is 154 Å². The second-order valence-corrected chi connectivity index (χ2v) is 8.16. The zero-order chi connectivity index (χ0) is 19.1. The lowest BCUT2D eigenvalue weighted by Crippen LogP contribution is -2.34. The molecule has 1 atom stereocenters. The van der Waals surface area contributed by atoms with Crippen LogP contribution in [0.1, 0.15) is 62.2 Å². The average molecular weight is 360 g/mol. The Kier molecular flexibility index (Phi) is 4.82. The van der Waals surface area contributed by atoms with Crippen LogP contribution in [-0.2, 0) is 17.8 Å². The molecular weight excluding hydrogens is 332 g/mol. The molecule has 1 N–H and O–H groups in total. The van der Waals surface area contributed by atoms with Crippen LogP contribution in [0.25, 0.3) is 0 Å². The normalized spacial score (nSPS) is 19.3. The molecular formula is C19H28N4O3. The lowest BCUT2D eigenvalue weighted by molar-refractivity contribution is 0.0282. The minimum atomic E-state index is -0.551. The number of carbonyl (C=O) groups is 2. The van der Waals surface area contributed by atoms with Crippen LogP contribution >= 0.6 is 0 Å². The predicted molar refractivity (Wildman–Crippen MR) is 99.2 cm³/mol. The lowest BCUT2D eigenvalue weighted by Gasteiger charge is -2.26. The number of nitrogens with zero attached hydrogens (tertiary/aromatic N) is 3. The lowest BCUT2D eigenvalue weighted by atomic mass is 10.1. The molecule has 2 aliphatic rings. The van der Waals surface area contributed by atoms with Gasteiger partial charge in [0.15, 0.2) is 0 Å². The number of carbonyl (C=O) groups excluding carboxylic acids is 2. The maximum absolute atomic E-state index is 12.3. The monoisotopic (exact) mass is 360 g/mol. The first-order chi connectivity index (χ1) is 12.2. The van der Waals surface area contributed by atoms with E-state index in [-0.39, 0.29) is 5.91 Å². The maximum atomic E-state index is 12.3. The van der Waals surface area contributed by atoms with Gasteiger partial charge in [-0.3, -0.25) is 4.79 Å². The van der Waals surface area contributed by atoms with Crippen molar-refractivity contribution in [2.75, 3.05) is 18.5 Å². The van der Waals surface area contributed by atoms with Crippen LogP contribution in [0.15, 0.2) is 6.07 Å². The Balaban J connectivity index is 1.88. The molecule has 3 rings (SSSR count). The number of hydrogen-bond donors (Lipinski definition) is 1. The van der Waals surface area contributed by atoms with Gasteiger partial charge in [-0.05, 0) is 46.6 Å². The van der Waals surface area contributed by atoms with Crippen LogP contribution in [-0.4, -0.2) is 47.1 Å². The minimum Gasteiger partial charge on any atom is -0.444 e. The van der Waals surface area contributed by atoms with Crippen molar-refractivity contribution in [3.8, 4) is 0 Å². The summed E-state index contributed by atoms with van der Waals surface area (Å²) >= 11 is 0. The number of fused-ring (bicyclic) bond motifs is 1. The van der Waals surface area contributed by atoms with Crippen molar-refractivity contribution in [2.24, 2.45) is 0 Å². The number of hydrogen-bond acceptors (Lipinski definition) is 5. The third kappa shape index (κ3) is 3.76. The second kappa shape index (κ2) is 6.78. The largest absolute Gasteiger partial charge is 0.444 e.